The van der Waals surface area contributed by atoms with Crippen LogP contribution in [0.25, 0.3) is 11.1 Å². The average Bonchev–Trinajstić information content (AvgIpc) is 2.77. The maximum Gasteiger partial charge on any atom is 0.407 e. The highest BCUT2D eigenvalue weighted by Gasteiger charge is 2.42. The summed E-state index contributed by atoms with van der Waals surface area (Å²) in [4.78, 5) is 13.0. The molecule has 0 aromatic heterocycles. The van der Waals surface area contributed by atoms with Gasteiger partial charge in [-0.3, -0.25) is 0 Å². The lowest BCUT2D eigenvalue weighted by Crippen LogP contribution is -2.48. The van der Waals surface area contributed by atoms with Gasteiger partial charge < -0.3 is 19.8 Å². The Morgan fingerprint density at radius 2 is 1.87 bits per heavy atom. The molecular formula is C24H30ClNO4. The van der Waals surface area contributed by atoms with Gasteiger partial charge in [-0.15, -0.1) is 0 Å². The molecule has 2 aromatic carbocycles. The van der Waals surface area contributed by atoms with Gasteiger partial charge >= 0.3 is 6.09 Å². The molecule has 30 heavy (non-hydrogen) atoms. The third-order valence-corrected chi connectivity index (χ3v) is 6.41. The van der Waals surface area contributed by atoms with Crippen LogP contribution in [0.4, 0.5) is 4.79 Å². The third-order valence-electron chi connectivity index (χ3n) is 6.08. The van der Waals surface area contributed by atoms with Crippen LogP contribution in [0.15, 0.2) is 48.5 Å². The van der Waals surface area contributed by atoms with Crippen molar-refractivity contribution in [3.05, 3.63) is 59.1 Å². The van der Waals surface area contributed by atoms with Crippen molar-refractivity contribution >= 4 is 17.7 Å². The van der Waals surface area contributed by atoms with E-state index in [9.17, 15) is 15.0 Å². The molecule has 1 aliphatic rings. The zero-order valence-electron chi connectivity index (χ0n) is 17.4. The van der Waals surface area contributed by atoms with Crippen molar-refractivity contribution in [2.45, 2.75) is 37.7 Å². The lowest BCUT2D eigenvalue weighted by atomic mass is 9.72. The van der Waals surface area contributed by atoms with Crippen LogP contribution in [0.3, 0.4) is 0 Å². The topological polar surface area (TPSA) is 70.0 Å². The maximum atomic E-state index is 12.1. The van der Waals surface area contributed by atoms with E-state index in [1.807, 2.05) is 48.5 Å². The van der Waals surface area contributed by atoms with E-state index in [-0.39, 0.29) is 5.92 Å². The van der Waals surface area contributed by atoms with Crippen molar-refractivity contribution in [2.24, 2.45) is 5.92 Å². The zero-order chi connectivity index (χ0) is 21.6. The number of piperidine rings is 1. The fourth-order valence-corrected chi connectivity index (χ4v) is 4.75. The Balaban J connectivity index is 2.03. The highest BCUT2D eigenvalue weighted by molar-refractivity contribution is 6.33. The van der Waals surface area contributed by atoms with Gasteiger partial charge in [0.05, 0.1) is 5.60 Å². The Morgan fingerprint density at radius 1 is 1.17 bits per heavy atom. The number of carboxylic acid groups (broad SMARTS) is 1. The molecule has 2 atom stereocenters. The lowest BCUT2D eigenvalue weighted by molar-refractivity contribution is -0.0580. The number of benzene rings is 2. The maximum absolute atomic E-state index is 12.1. The number of likely N-dealkylation sites (tertiary alicyclic amines) is 1. The number of hydrogen-bond donors (Lipinski definition) is 2. The number of aliphatic hydroxyl groups is 1. The van der Waals surface area contributed by atoms with Crippen LogP contribution in [0.5, 0.6) is 0 Å². The molecular weight excluding hydrogens is 402 g/mol. The molecule has 5 nitrogen and oxygen atoms in total. The first-order valence-corrected chi connectivity index (χ1v) is 10.9. The Labute approximate surface area is 183 Å². The zero-order valence-corrected chi connectivity index (χ0v) is 18.1. The summed E-state index contributed by atoms with van der Waals surface area (Å²) in [6.45, 7) is 1.47. The highest BCUT2D eigenvalue weighted by Crippen LogP contribution is 2.44. The van der Waals surface area contributed by atoms with Gasteiger partial charge in [0.25, 0.3) is 0 Å². The molecule has 1 heterocycles. The monoisotopic (exact) mass is 431 g/mol. The SMILES string of the molecule is COCCCC[C@@](O)(c1ccccc1-c1ccccc1Cl)C1CCCN(C(=O)O)C1. The van der Waals surface area contributed by atoms with Crippen LogP contribution in [-0.2, 0) is 10.3 Å². The highest BCUT2D eigenvalue weighted by atomic mass is 35.5. The van der Waals surface area contributed by atoms with E-state index in [1.54, 1.807) is 7.11 Å². The molecule has 0 bridgehead atoms. The molecule has 1 unspecified atom stereocenters. The molecule has 6 heteroatoms. The van der Waals surface area contributed by atoms with E-state index in [0.29, 0.717) is 31.1 Å². The van der Waals surface area contributed by atoms with Crippen LogP contribution in [0.1, 0.15) is 37.7 Å². The molecule has 2 aromatic rings. The standard InChI is InChI=1S/C24H30ClNO4/c1-30-16-7-6-14-24(29,18-9-8-15-26(17-18)23(27)28)21-12-4-2-10-19(21)20-11-3-5-13-22(20)25/h2-5,10-13,18,29H,6-9,14-17H2,1H3,(H,27,28)/t18?,24-/m0/s1. The summed E-state index contributed by atoms with van der Waals surface area (Å²) in [6, 6.07) is 15.4. The molecule has 0 spiro atoms. The molecule has 0 saturated carbocycles. The molecule has 0 aliphatic carbocycles. The van der Waals surface area contributed by atoms with Gasteiger partial charge in [0.15, 0.2) is 0 Å². The predicted molar refractivity (Wildman–Crippen MR) is 119 cm³/mol. The van der Waals surface area contributed by atoms with E-state index >= 15 is 0 Å². The molecule has 1 saturated heterocycles. The second kappa shape index (κ2) is 10.3. The van der Waals surface area contributed by atoms with Gasteiger partial charge in [-0.2, -0.15) is 0 Å². The van der Waals surface area contributed by atoms with Crippen molar-refractivity contribution in [3.8, 4) is 11.1 Å². The normalized spacial score (nSPS) is 18.8. The van der Waals surface area contributed by atoms with Crippen LogP contribution in [0, 0.1) is 5.92 Å². The summed E-state index contributed by atoms with van der Waals surface area (Å²) in [6.07, 6.45) is 2.75. The summed E-state index contributed by atoms with van der Waals surface area (Å²) >= 11 is 6.49. The Morgan fingerprint density at radius 3 is 2.57 bits per heavy atom. The summed E-state index contributed by atoms with van der Waals surface area (Å²) in [7, 11) is 1.67. The minimum Gasteiger partial charge on any atom is -0.465 e. The van der Waals surface area contributed by atoms with Gasteiger partial charge in [-0.05, 0) is 49.3 Å². The first-order chi connectivity index (χ1) is 14.5. The van der Waals surface area contributed by atoms with Gasteiger partial charge in [-0.25, -0.2) is 4.79 Å². The van der Waals surface area contributed by atoms with Gasteiger partial charge in [0, 0.05) is 43.3 Å². The number of hydrogen-bond acceptors (Lipinski definition) is 3. The number of amides is 1. The largest absolute Gasteiger partial charge is 0.465 e. The average molecular weight is 432 g/mol. The van der Waals surface area contributed by atoms with E-state index in [1.165, 1.54) is 4.90 Å². The molecule has 1 aliphatic heterocycles. The van der Waals surface area contributed by atoms with Crippen LogP contribution < -0.4 is 0 Å². The second-order valence-electron chi connectivity index (χ2n) is 7.97. The summed E-state index contributed by atoms with van der Waals surface area (Å²) in [5.74, 6) is -0.187. The number of methoxy groups -OCH3 is 1. The quantitative estimate of drug-likeness (QED) is 0.549. The van der Waals surface area contributed by atoms with Gasteiger partial charge in [0.1, 0.15) is 0 Å². The Bertz CT molecular complexity index is 859. The number of unbranched alkanes of at least 4 members (excludes halogenated alkanes) is 1. The molecule has 1 fully saturated rings. The Kier molecular flexibility index (Phi) is 7.75. The van der Waals surface area contributed by atoms with Crippen molar-refractivity contribution < 1.29 is 19.7 Å². The van der Waals surface area contributed by atoms with Crippen LogP contribution in [-0.4, -0.2) is 48.0 Å². The van der Waals surface area contributed by atoms with E-state index < -0.39 is 11.7 Å². The van der Waals surface area contributed by atoms with Crippen LogP contribution >= 0.6 is 11.6 Å². The first-order valence-electron chi connectivity index (χ1n) is 10.5. The molecule has 3 rings (SSSR count). The van der Waals surface area contributed by atoms with Gasteiger partial charge in [-0.1, -0.05) is 54.1 Å². The second-order valence-corrected chi connectivity index (χ2v) is 8.37. The van der Waals surface area contributed by atoms with E-state index in [0.717, 1.165) is 42.4 Å². The fraction of sp³-hybridized carbons (Fsp3) is 0.458. The van der Waals surface area contributed by atoms with E-state index in [4.69, 9.17) is 16.3 Å². The molecule has 0 radical (unpaired) electrons. The third kappa shape index (κ3) is 4.97. The van der Waals surface area contributed by atoms with Gasteiger partial charge in [0.2, 0.25) is 0 Å². The number of halogens is 1. The number of carbonyl (C=O) groups is 1. The summed E-state index contributed by atoms with van der Waals surface area (Å²) in [5.41, 5.74) is 1.42. The number of ether oxygens (including phenoxy) is 1. The first kappa shape index (κ1) is 22.6. The molecule has 2 N–H and O–H groups in total. The van der Waals surface area contributed by atoms with Crippen molar-refractivity contribution in [3.63, 3.8) is 0 Å². The minimum atomic E-state index is -1.16. The number of nitrogens with zero attached hydrogens (tertiary/aromatic N) is 1. The van der Waals surface area contributed by atoms with Crippen molar-refractivity contribution in [2.75, 3.05) is 26.8 Å². The summed E-state index contributed by atoms with van der Waals surface area (Å²) < 4.78 is 5.18. The fourth-order valence-electron chi connectivity index (χ4n) is 4.52. The minimum absolute atomic E-state index is 0.187. The van der Waals surface area contributed by atoms with Crippen molar-refractivity contribution in [1.82, 2.24) is 4.90 Å². The lowest BCUT2D eigenvalue weighted by Gasteiger charge is -2.43. The van der Waals surface area contributed by atoms with E-state index in [2.05, 4.69) is 0 Å². The predicted octanol–water partition coefficient (Wildman–Crippen LogP) is 5.40. The molecule has 1 amide bonds. The smallest absolute Gasteiger partial charge is 0.407 e. The molecule has 162 valence electrons. The van der Waals surface area contributed by atoms with Crippen molar-refractivity contribution in [1.29, 1.82) is 0 Å². The Hall–Kier alpha value is -2.08. The van der Waals surface area contributed by atoms with Crippen LogP contribution in [0.2, 0.25) is 5.02 Å². The summed E-state index contributed by atoms with van der Waals surface area (Å²) in [5, 5.41) is 22.3. The number of rotatable bonds is 8.